The zero-order valence-electron chi connectivity index (χ0n) is 13.5. The molecule has 0 aliphatic heterocycles. The summed E-state index contributed by atoms with van der Waals surface area (Å²) in [5.74, 6) is 7.86. The van der Waals surface area contributed by atoms with Gasteiger partial charge in [-0.15, -0.1) is 0 Å². The fourth-order valence-electron chi connectivity index (χ4n) is 6.49. The second-order valence-corrected chi connectivity index (χ2v) is 8.46. The van der Waals surface area contributed by atoms with Gasteiger partial charge in [0, 0.05) is 0 Å². The van der Waals surface area contributed by atoms with E-state index in [2.05, 4.69) is 48.6 Å². The first kappa shape index (κ1) is 13.4. The molecule has 2 saturated carbocycles. The number of rotatable bonds is 0. The molecule has 0 radical (unpaired) electrons. The van der Waals surface area contributed by atoms with E-state index in [1.54, 1.807) is 0 Å². The van der Waals surface area contributed by atoms with Gasteiger partial charge in [-0.05, 0) is 85.9 Å². The Hall–Kier alpha value is -1.04. The van der Waals surface area contributed by atoms with Crippen molar-refractivity contribution in [3.8, 4) is 0 Å². The fraction of sp³-hybridized carbons (Fsp3) is 0.636. The van der Waals surface area contributed by atoms with Gasteiger partial charge in [-0.2, -0.15) is 0 Å². The van der Waals surface area contributed by atoms with Crippen molar-refractivity contribution in [1.29, 1.82) is 0 Å². The predicted octanol–water partition coefficient (Wildman–Crippen LogP) is 5.55. The van der Waals surface area contributed by atoms with Crippen molar-refractivity contribution in [2.75, 3.05) is 0 Å². The number of fused-ring (bicyclic) bond motifs is 6. The topological polar surface area (TPSA) is 0 Å². The normalized spacial score (nSPS) is 51.6. The van der Waals surface area contributed by atoms with Crippen LogP contribution in [0.2, 0.25) is 0 Å². The number of hydrogen-bond donors (Lipinski definition) is 0. The summed E-state index contributed by atoms with van der Waals surface area (Å²) in [6, 6.07) is 0. The first-order chi connectivity index (χ1) is 10.9. The largest absolute Gasteiger partial charge is 0.0879 e. The van der Waals surface area contributed by atoms with E-state index in [1.165, 1.54) is 38.5 Å². The Balaban J connectivity index is 0.000000102. The van der Waals surface area contributed by atoms with Crippen LogP contribution in [0.5, 0.6) is 0 Å². The third-order valence-corrected chi connectivity index (χ3v) is 7.50. The summed E-state index contributed by atoms with van der Waals surface area (Å²) in [4.78, 5) is 0. The molecule has 6 rings (SSSR count). The Bertz CT molecular complexity index is 498. The van der Waals surface area contributed by atoms with E-state index in [9.17, 15) is 0 Å². The van der Waals surface area contributed by atoms with Crippen LogP contribution in [-0.2, 0) is 0 Å². The first-order valence-electron chi connectivity index (χ1n) is 9.57. The van der Waals surface area contributed by atoms with Gasteiger partial charge < -0.3 is 0 Å². The highest BCUT2D eigenvalue weighted by molar-refractivity contribution is 5.17. The van der Waals surface area contributed by atoms with Crippen LogP contribution in [0.4, 0.5) is 0 Å². The summed E-state index contributed by atoms with van der Waals surface area (Å²) in [7, 11) is 0. The first-order valence-corrected chi connectivity index (χ1v) is 9.57. The molecule has 0 aromatic rings. The molecular weight excluding hydrogens is 264 g/mol. The Morgan fingerprint density at radius 2 is 0.955 bits per heavy atom. The Kier molecular flexibility index (Phi) is 3.20. The molecule has 22 heavy (non-hydrogen) atoms. The van der Waals surface area contributed by atoms with Crippen LogP contribution in [0, 0.1) is 47.3 Å². The fourth-order valence-corrected chi connectivity index (χ4v) is 6.49. The minimum Gasteiger partial charge on any atom is -0.0879 e. The van der Waals surface area contributed by atoms with Crippen LogP contribution in [0.15, 0.2) is 48.6 Å². The minimum atomic E-state index is 0.954. The SMILES string of the molecule is C1=C[C@@H]2[C@H](C1)C[C@@H]1C=CC[C@@H]21.C1=C[C@@H]2[C@H](C1)C[C@@H]1C=CC[C@H]21. The molecule has 0 nitrogen and oxygen atoms in total. The predicted molar refractivity (Wildman–Crippen MR) is 92.2 cm³/mol. The molecule has 6 aliphatic carbocycles. The third kappa shape index (κ3) is 2.02. The quantitative estimate of drug-likeness (QED) is 0.513. The molecule has 8 atom stereocenters. The van der Waals surface area contributed by atoms with E-state index in [0.29, 0.717) is 0 Å². The zero-order valence-corrected chi connectivity index (χ0v) is 13.5. The molecule has 0 heteroatoms. The van der Waals surface area contributed by atoms with Gasteiger partial charge in [0.15, 0.2) is 0 Å². The molecule has 0 spiro atoms. The zero-order chi connectivity index (χ0) is 14.5. The Labute approximate surface area is 135 Å². The molecule has 0 unspecified atom stereocenters. The maximum Gasteiger partial charge on any atom is -0.0165 e. The highest BCUT2D eigenvalue weighted by atomic mass is 14.5. The second kappa shape index (κ2) is 5.25. The second-order valence-electron chi connectivity index (χ2n) is 8.46. The summed E-state index contributed by atoms with van der Waals surface area (Å²) >= 11 is 0. The monoisotopic (exact) mass is 292 g/mol. The van der Waals surface area contributed by atoms with E-state index in [1.807, 2.05) is 0 Å². The van der Waals surface area contributed by atoms with Gasteiger partial charge in [0.2, 0.25) is 0 Å². The lowest BCUT2D eigenvalue weighted by Gasteiger charge is -2.14. The highest BCUT2D eigenvalue weighted by Gasteiger charge is 2.43. The van der Waals surface area contributed by atoms with Crippen molar-refractivity contribution in [2.24, 2.45) is 47.3 Å². The van der Waals surface area contributed by atoms with E-state index >= 15 is 0 Å². The molecule has 0 aromatic carbocycles. The third-order valence-electron chi connectivity index (χ3n) is 7.50. The minimum absolute atomic E-state index is 0.954. The molecule has 0 saturated heterocycles. The van der Waals surface area contributed by atoms with Gasteiger partial charge >= 0.3 is 0 Å². The molecule has 6 aliphatic rings. The average molecular weight is 292 g/mol. The van der Waals surface area contributed by atoms with Crippen LogP contribution >= 0.6 is 0 Å². The van der Waals surface area contributed by atoms with Gasteiger partial charge in [-0.25, -0.2) is 0 Å². The Morgan fingerprint density at radius 1 is 0.500 bits per heavy atom. The van der Waals surface area contributed by atoms with Crippen LogP contribution in [0.3, 0.4) is 0 Å². The van der Waals surface area contributed by atoms with Gasteiger partial charge in [0.05, 0.1) is 0 Å². The van der Waals surface area contributed by atoms with Crippen LogP contribution < -0.4 is 0 Å². The van der Waals surface area contributed by atoms with Crippen molar-refractivity contribution < 1.29 is 0 Å². The molecule has 0 bridgehead atoms. The van der Waals surface area contributed by atoms with Gasteiger partial charge in [-0.3, -0.25) is 0 Å². The molecule has 0 N–H and O–H groups in total. The standard InChI is InChI=1S/2C11H14/c2*1-3-8-7-9-4-2-6-11(9)10(8)5-1/h2*1-3,6,8-11H,4-5,7H2/t8-,9+,10+,11+;8-,9+,10-,11+/m00/s1. The van der Waals surface area contributed by atoms with E-state index in [0.717, 1.165) is 47.3 Å². The molecule has 0 heterocycles. The molecule has 116 valence electrons. The van der Waals surface area contributed by atoms with Crippen LogP contribution in [-0.4, -0.2) is 0 Å². The summed E-state index contributed by atoms with van der Waals surface area (Å²) in [5, 5.41) is 0. The maximum absolute atomic E-state index is 2.47. The van der Waals surface area contributed by atoms with E-state index in [-0.39, 0.29) is 0 Å². The van der Waals surface area contributed by atoms with Crippen molar-refractivity contribution in [1.82, 2.24) is 0 Å². The lowest BCUT2D eigenvalue weighted by Crippen LogP contribution is -2.08. The summed E-state index contributed by atoms with van der Waals surface area (Å²) < 4.78 is 0. The lowest BCUT2D eigenvalue weighted by molar-refractivity contribution is 0.396. The van der Waals surface area contributed by atoms with Crippen molar-refractivity contribution >= 4 is 0 Å². The summed E-state index contributed by atoms with van der Waals surface area (Å²) in [5.41, 5.74) is 0. The number of hydrogen-bond acceptors (Lipinski definition) is 0. The van der Waals surface area contributed by atoms with Gasteiger partial charge in [-0.1, -0.05) is 48.6 Å². The summed E-state index contributed by atoms with van der Waals surface area (Å²) in [6.45, 7) is 0. The maximum atomic E-state index is 2.47. The molecule has 0 amide bonds. The molecule has 2 fully saturated rings. The van der Waals surface area contributed by atoms with Crippen LogP contribution in [0.25, 0.3) is 0 Å². The Morgan fingerprint density at radius 3 is 1.45 bits per heavy atom. The van der Waals surface area contributed by atoms with Crippen LogP contribution in [0.1, 0.15) is 38.5 Å². The van der Waals surface area contributed by atoms with Crippen molar-refractivity contribution in [3.05, 3.63) is 48.6 Å². The van der Waals surface area contributed by atoms with E-state index < -0.39 is 0 Å². The molecular formula is C22H28. The van der Waals surface area contributed by atoms with Crippen molar-refractivity contribution in [3.63, 3.8) is 0 Å². The van der Waals surface area contributed by atoms with Gasteiger partial charge in [0.1, 0.15) is 0 Å². The smallest absolute Gasteiger partial charge is 0.0165 e. The van der Waals surface area contributed by atoms with Gasteiger partial charge in [0.25, 0.3) is 0 Å². The highest BCUT2D eigenvalue weighted by Crippen LogP contribution is 2.52. The van der Waals surface area contributed by atoms with E-state index in [4.69, 9.17) is 0 Å². The lowest BCUT2D eigenvalue weighted by atomic mass is 9.90. The van der Waals surface area contributed by atoms with Crippen molar-refractivity contribution in [2.45, 2.75) is 38.5 Å². The molecule has 0 aromatic heterocycles. The number of allylic oxidation sites excluding steroid dienone is 8. The summed E-state index contributed by atoms with van der Waals surface area (Å²) in [6.07, 6.45) is 27.8. The average Bonchev–Trinajstić information content (AvgIpc) is 3.27.